The Balaban J connectivity index is 1.65. The molecule has 1 heterocycles. The Morgan fingerprint density at radius 2 is 2.11 bits per heavy atom. The van der Waals surface area contributed by atoms with E-state index in [-0.39, 0.29) is 0 Å². The predicted molar refractivity (Wildman–Crippen MR) is 79.2 cm³/mol. The van der Waals surface area contributed by atoms with Crippen LogP contribution in [-0.4, -0.2) is 32.4 Å². The zero-order chi connectivity index (χ0) is 12.8. The van der Waals surface area contributed by atoms with Gasteiger partial charge in [-0.15, -0.1) is 0 Å². The first kappa shape index (κ1) is 14.3. The van der Waals surface area contributed by atoms with Crippen molar-refractivity contribution in [3.05, 3.63) is 27.1 Å². The van der Waals surface area contributed by atoms with Gasteiger partial charge in [0.15, 0.2) is 0 Å². The lowest BCUT2D eigenvalue weighted by molar-refractivity contribution is 0.109. The average Bonchev–Trinajstić information content (AvgIpc) is 2.85. The first-order valence-corrected chi connectivity index (χ1v) is 7.75. The molecule has 0 aliphatic carbocycles. The maximum atomic E-state index is 5.74. The first-order valence-electron chi connectivity index (χ1n) is 6.16. The summed E-state index contributed by atoms with van der Waals surface area (Å²) < 4.78 is 13.2. The van der Waals surface area contributed by atoms with Crippen LogP contribution in [0, 0.1) is 0 Å². The van der Waals surface area contributed by atoms with Crippen molar-refractivity contribution in [3.63, 3.8) is 0 Å². The number of halogens is 2. The Labute approximate surface area is 124 Å². The number of ether oxygens (including phenoxy) is 2. The van der Waals surface area contributed by atoms with Gasteiger partial charge in [0, 0.05) is 19.7 Å². The van der Waals surface area contributed by atoms with Crippen molar-refractivity contribution in [1.29, 1.82) is 0 Å². The van der Waals surface area contributed by atoms with Crippen LogP contribution in [0.25, 0.3) is 0 Å². The minimum atomic E-state index is 0.389. The molecule has 1 aliphatic rings. The van der Waals surface area contributed by atoms with Crippen LogP contribution >= 0.6 is 31.9 Å². The molecule has 1 aromatic carbocycles. The van der Waals surface area contributed by atoms with Gasteiger partial charge in [-0.05, 0) is 56.8 Å². The van der Waals surface area contributed by atoms with E-state index in [0.717, 1.165) is 34.4 Å². The summed E-state index contributed by atoms with van der Waals surface area (Å²) in [6, 6.07) is 5.91. The fourth-order valence-electron chi connectivity index (χ4n) is 1.91. The molecule has 0 amide bonds. The topological polar surface area (TPSA) is 30.5 Å². The quantitative estimate of drug-likeness (QED) is 0.770. The predicted octanol–water partition coefficient (Wildman–Crippen LogP) is 3.36. The van der Waals surface area contributed by atoms with Gasteiger partial charge in [0.25, 0.3) is 0 Å². The Hall–Kier alpha value is -0.100. The number of rotatable bonds is 6. The van der Waals surface area contributed by atoms with Crippen LogP contribution in [0.3, 0.4) is 0 Å². The van der Waals surface area contributed by atoms with E-state index in [1.807, 2.05) is 18.2 Å². The van der Waals surface area contributed by atoms with E-state index in [1.54, 1.807) is 0 Å². The molecular formula is C13H17Br2NO2. The van der Waals surface area contributed by atoms with Crippen molar-refractivity contribution in [2.75, 3.05) is 26.3 Å². The van der Waals surface area contributed by atoms with Gasteiger partial charge in [0.05, 0.1) is 15.0 Å². The molecular weight excluding hydrogens is 362 g/mol. The molecule has 0 aromatic heterocycles. The molecule has 18 heavy (non-hydrogen) atoms. The van der Waals surface area contributed by atoms with E-state index in [1.165, 1.54) is 12.8 Å². The molecule has 3 nitrogen and oxygen atoms in total. The van der Waals surface area contributed by atoms with Crippen LogP contribution in [0.5, 0.6) is 5.75 Å². The minimum absolute atomic E-state index is 0.389. The van der Waals surface area contributed by atoms with Gasteiger partial charge in [-0.3, -0.25) is 0 Å². The van der Waals surface area contributed by atoms with Gasteiger partial charge >= 0.3 is 0 Å². The third kappa shape index (κ3) is 4.23. The van der Waals surface area contributed by atoms with E-state index < -0.39 is 0 Å². The zero-order valence-corrected chi connectivity index (χ0v) is 13.3. The lowest BCUT2D eigenvalue weighted by atomic mass is 10.2. The molecule has 2 rings (SSSR count). The molecule has 1 aromatic rings. The number of hydrogen-bond acceptors (Lipinski definition) is 3. The molecule has 1 aliphatic heterocycles. The van der Waals surface area contributed by atoms with Crippen LogP contribution in [0.4, 0.5) is 0 Å². The van der Waals surface area contributed by atoms with E-state index in [2.05, 4.69) is 37.2 Å². The molecule has 1 N–H and O–H groups in total. The molecule has 0 radical (unpaired) electrons. The van der Waals surface area contributed by atoms with Crippen molar-refractivity contribution < 1.29 is 9.47 Å². The Morgan fingerprint density at radius 3 is 2.78 bits per heavy atom. The average molecular weight is 379 g/mol. The lowest BCUT2D eigenvalue weighted by Gasteiger charge is -2.12. The monoisotopic (exact) mass is 377 g/mol. The smallest absolute Gasteiger partial charge is 0.147 e. The number of benzene rings is 1. The highest BCUT2D eigenvalue weighted by atomic mass is 79.9. The highest BCUT2D eigenvalue weighted by molar-refractivity contribution is 9.11. The second-order valence-corrected chi connectivity index (χ2v) is 5.95. The highest BCUT2D eigenvalue weighted by Gasteiger charge is 2.14. The highest BCUT2D eigenvalue weighted by Crippen LogP contribution is 2.32. The standard InChI is InChI=1S/C13H17Br2NO2/c14-11-4-1-5-12(15)13(11)18-8-6-16-9-10-3-2-7-17-10/h1,4-5,10,16H,2-3,6-9H2. The fourth-order valence-corrected chi connectivity index (χ4v) is 3.14. The number of hydrogen-bond donors (Lipinski definition) is 1. The van der Waals surface area contributed by atoms with Crippen LogP contribution in [0.2, 0.25) is 0 Å². The summed E-state index contributed by atoms with van der Waals surface area (Å²) in [5.41, 5.74) is 0. The summed E-state index contributed by atoms with van der Waals surface area (Å²) >= 11 is 6.95. The summed E-state index contributed by atoms with van der Waals surface area (Å²) in [7, 11) is 0. The third-order valence-electron chi connectivity index (χ3n) is 2.84. The minimum Gasteiger partial charge on any atom is -0.490 e. The molecule has 0 saturated carbocycles. The van der Waals surface area contributed by atoms with Crippen molar-refractivity contribution in [2.24, 2.45) is 0 Å². The second kappa shape index (κ2) is 7.48. The van der Waals surface area contributed by atoms with Crippen molar-refractivity contribution in [3.8, 4) is 5.75 Å². The van der Waals surface area contributed by atoms with Crippen LogP contribution in [-0.2, 0) is 4.74 Å². The molecule has 0 bridgehead atoms. The van der Waals surface area contributed by atoms with E-state index in [4.69, 9.17) is 9.47 Å². The molecule has 1 unspecified atom stereocenters. The van der Waals surface area contributed by atoms with Gasteiger partial charge in [-0.25, -0.2) is 0 Å². The van der Waals surface area contributed by atoms with Crippen molar-refractivity contribution in [2.45, 2.75) is 18.9 Å². The lowest BCUT2D eigenvalue weighted by Crippen LogP contribution is -2.29. The number of para-hydroxylation sites is 1. The van der Waals surface area contributed by atoms with Gasteiger partial charge in [0.1, 0.15) is 12.4 Å². The van der Waals surface area contributed by atoms with E-state index >= 15 is 0 Å². The summed E-state index contributed by atoms with van der Waals surface area (Å²) in [4.78, 5) is 0. The summed E-state index contributed by atoms with van der Waals surface area (Å²) in [5.74, 6) is 0.858. The second-order valence-electron chi connectivity index (χ2n) is 4.24. The maximum Gasteiger partial charge on any atom is 0.147 e. The van der Waals surface area contributed by atoms with E-state index in [0.29, 0.717) is 12.7 Å². The SMILES string of the molecule is Brc1cccc(Br)c1OCCNCC1CCCO1. The maximum absolute atomic E-state index is 5.74. The Bertz CT molecular complexity index is 361. The molecule has 1 atom stereocenters. The van der Waals surface area contributed by atoms with Gasteiger partial charge in [0.2, 0.25) is 0 Å². The molecule has 0 spiro atoms. The number of nitrogens with one attached hydrogen (secondary N) is 1. The zero-order valence-electron chi connectivity index (χ0n) is 10.1. The summed E-state index contributed by atoms with van der Waals surface area (Å²) in [6.45, 7) is 3.30. The van der Waals surface area contributed by atoms with Crippen LogP contribution in [0.1, 0.15) is 12.8 Å². The third-order valence-corrected chi connectivity index (χ3v) is 4.09. The fraction of sp³-hybridized carbons (Fsp3) is 0.538. The molecule has 100 valence electrons. The Morgan fingerprint density at radius 1 is 1.33 bits per heavy atom. The van der Waals surface area contributed by atoms with Gasteiger partial charge in [-0.2, -0.15) is 0 Å². The Kier molecular flexibility index (Phi) is 5.95. The normalized spacial score (nSPS) is 19.1. The molecule has 1 saturated heterocycles. The summed E-state index contributed by atoms with van der Waals surface area (Å²) in [5, 5.41) is 3.36. The van der Waals surface area contributed by atoms with Crippen molar-refractivity contribution in [1.82, 2.24) is 5.32 Å². The van der Waals surface area contributed by atoms with Crippen molar-refractivity contribution >= 4 is 31.9 Å². The molecule has 1 fully saturated rings. The largest absolute Gasteiger partial charge is 0.490 e. The van der Waals surface area contributed by atoms with Crippen LogP contribution in [0.15, 0.2) is 27.1 Å². The molecule has 5 heteroatoms. The summed E-state index contributed by atoms with van der Waals surface area (Å²) in [6.07, 6.45) is 2.75. The first-order chi connectivity index (χ1) is 8.77. The van der Waals surface area contributed by atoms with Gasteiger partial charge < -0.3 is 14.8 Å². The van der Waals surface area contributed by atoms with Crippen LogP contribution < -0.4 is 10.1 Å². The van der Waals surface area contributed by atoms with Gasteiger partial charge in [-0.1, -0.05) is 6.07 Å². The van der Waals surface area contributed by atoms with E-state index in [9.17, 15) is 0 Å².